The fourth-order valence-electron chi connectivity index (χ4n) is 3.31. The number of hydrogen-bond acceptors (Lipinski definition) is 1. The van der Waals surface area contributed by atoms with Gasteiger partial charge >= 0.3 is 0 Å². The van der Waals surface area contributed by atoms with Crippen molar-refractivity contribution in [2.24, 2.45) is 0 Å². The van der Waals surface area contributed by atoms with Crippen LogP contribution in [-0.2, 0) is 0 Å². The van der Waals surface area contributed by atoms with Crippen LogP contribution in [0.15, 0.2) is 70.5 Å². The summed E-state index contributed by atoms with van der Waals surface area (Å²) < 4.78 is 2.48. The maximum absolute atomic E-state index is 3.56. The summed E-state index contributed by atoms with van der Waals surface area (Å²) in [5, 5.41) is 11.4. The average molecular weight is 363 g/mol. The lowest BCUT2D eigenvalue weighted by Gasteiger charge is -2.08. The molecule has 5 aromatic rings. The van der Waals surface area contributed by atoms with Gasteiger partial charge in [0.25, 0.3) is 0 Å². The SMILES string of the molecule is Brc1ccc2cc3c(ccc4c5ccsc5ccc34)cc2c1. The molecule has 4 aromatic carbocycles. The van der Waals surface area contributed by atoms with Crippen molar-refractivity contribution in [2.45, 2.75) is 0 Å². The molecule has 0 atom stereocenters. The predicted octanol–water partition coefficient (Wildman–Crippen LogP) is 7.12. The first-order valence-corrected chi connectivity index (χ1v) is 8.89. The maximum atomic E-state index is 3.56. The van der Waals surface area contributed by atoms with Gasteiger partial charge in [0.1, 0.15) is 0 Å². The van der Waals surface area contributed by atoms with E-state index in [1.807, 2.05) is 0 Å². The van der Waals surface area contributed by atoms with Crippen LogP contribution in [-0.4, -0.2) is 0 Å². The van der Waals surface area contributed by atoms with Gasteiger partial charge in [-0.2, -0.15) is 0 Å². The zero-order chi connectivity index (χ0) is 14.7. The third-order valence-electron chi connectivity index (χ3n) is 4.37. The lowest BCUT2D eigenvalue weighted by atomic mass is 9.97. The number of thiophene rings is 1. The molecule has 0 fully saturated rings. The van der Waals surface area contributed by atoms with Crippen LogP contribution in [0.5, 0.6) is 0 Å². The average Bonchev–Trinajstić information content (AvgIpc) is 3.01. The van der Waals surface area contributed by atoms with E-state index in [9.17, 15) is 0 Å². The second-order valence-corrected chi connectivity index (χ2v) is 7.49. The van der Waals surface area contributed by atoms with E-state index in [0.717, 1.165) is 4.47 Å². The molecule has 1 heterocycles. The van der Waals surface area contributed by atoms with Gasteiger partial charge in [-0.1, -0.05) is 40.2 Å². The van der Waals surface area contributed by atoms with Crippen molar-refractivity contribution in [3.05, 3.63) is 70.5 Å². The first kappa shape index (κ1) is 12.6. The minimum atomic E-state index is 1.13. The highest BCUT2D eigenvalue weighted by Gasteiger charge is 2.06. The van der Waals surface area contributed by atoms with Crippen molar-refractivity contribution in [3.8, 4) is 0 Å². The summed E-state index contributed by atoms with van der Waals surface area (Å²) in [7, 11) is 0. The normalized spacial score (nSPS) is 11.9. The Kier molecular flexibility index (Phi) is 2.61. The fraction of sp³-hybridized carbons (Fsp3) is 0. The van der Waals surface area contributed by atoms with E-state index in [-0.39, 0.29) is 0 Å². The topological polar surface area (TPSA) is 0 Å². The van der Waals surface area contributed by atoms with Crippen LogP contribution in [0.3, 0.4) is 0 Å². The molecule has 0 nitrogen and oxygen atoms in total. The van der Waals surface area contributed by atoms with Gasteiger partial charge < -0.3 is 0 Å². The largest absolute Gasteiger partial charge is 0.144 e. The second-order valence-electron chi connectivity index (χ2n) is 5.62. The van der Waals surface area contributed by atoms with Gasteiger partial charge in [0, 0.05) is 14.6 Å². The van der Waals surface area contributed by atoms with Crippen LogP contribution in [0.2, 0.25) is 0 Å². The molecule has 0 aliphatic carbocycles. The van der Waals surface area contributed by atoms with E-state index in [1.54, 1.807) is 11.3 Å². The molecule has 0 saturated carbocycles. The summed E-state index contributed by atoms with van der Waals surface area (Å²) in [6, 6.07) is 22.3. The van der Waals surface area contributed by atoms with Crippen molar-refractivity contribution in [2.75, 3.05) is 0 Å². The van der Waals surface area contributed by atoms with Gasteiger partial charge in [-0.05, 0) is 74.1 Å². The van der Waals surface area contributed by atoms with E-state index >= 15 is 0 Å². The summed E-state index contributed by atoms with van der Waals surface area (Å²) in [6.07, 6.45) is 0. The van der Waals surface area contributed by atoms with E-state index in [2.05, 4.69) is 82.0 Å². The number of fused-ring (bicyclic) bond motifs is 6. The zero-order valence-corrected chi connectivity index (χ0v) is 14.0. The van der Waals surface area contributed by atoms with Crippen LogP contribution in [0.1, 0.15) is 0 Å². The van der Waals surface area contributed by atoms with Gasteiger partial charge in [0.15, 0.2) is 0 Å². The molecule has 0 aliphatic heterocycles. The third-order valence-corrected chi connectivity index (χ3v) is 5.74. The van der Waals surface area contributed by atoms with Crippen LogP contribution < -0.4 is 0 Å². The molecule has 0 bridgehead atoms. The van der Waals surface area contributed by atoms with Crippen LogP contribution in [0.4, 0.5) is 0 Å². The van der Waals surface area contributed by atoms with Crippen LogP contribution >= 0.6 is 27.3 Å². The highest BCUT2D eigenvalue weighted by Crippen LogP contribution is 2.35. The van der Waals surface area contributed by atoms with Gasteiger partial charge in [-0.3, -0.25) is 0 Å². The number of benzene rings is 4. The molecule has 0 spiro atoms. The molecule has 1 aromatic heterocycles. The van der Waals surface area contributed by atoms with Crippen LogP contribution in [0, 0.1) is 0 Å². The van der Waals surface area contributed by atoms with Crippen molar-refractivity contribution >= 4 is 69.7 Å². The molecule has 104 valence electrons. The summed E-state index contributed by atoms with van der Waals surface area (Å²) in [5.41, 5.74) is 0. The molecule has 5 rings (SSSR count). The first-order chi connectivity index (χ1) is 10.8. The lowest BCUT2D eigenvalue weighted by Crippen LogP contribution is -1.80. The molecule has 0 unspecified atom stereocenters. The Morgan fingerprint density at radius 3 is 2.36 bits per heavy atom. The highest BCUT2D eigenvalue weighted by atomic mass is 79.9. The van der Waals surface area contributed by atoms with Gasteiger partial charge in [-0.15, -0.1) is 11.3 Å². The number of hydrogen-bond donors (Lipinski definition) is 0. The Balaban J connectivity index is 2.00. The van der Waals surface area contributed by atoms with E-state index in [0.29, 0.717) is 0 Å². The minimum Gasteiger partial charge on any atom is -0.144 e. The Hall–Kier alpha value is -1.90. The second kappa shape index (κ2) is 4.55. The van der Waals surface area contributed by atoms with Crippen molar-refractivity contribution in [1.82, 2.24) is 0 Å². The molecule has 0 aliphatic rings. The molecule has 0 N–H and O–H groups in total. The summed E-state index contributed by atoms with van der Waals surface area (Å²) >= 11 is 5.37. The zero-order valence-electron chi connectivity index (χ0n) is 11.6. The van der Waals surface area contributed by atoms with Gasteiger partial charge in [0.2, 0.25) is 0 Å². The summed E-state index contributed by atoms with van der Waals surface area (Å²) in [5.74, 6) is 0. The molecule has 22 heavy (non-hydrogen) atoms. The Morgan fingerprint density at radius 2 is 1.41 bits per heavy atom. The van der Waals surface area contributed by atoms with Crippen molar-refractivity contribution in [3.63, 3.8) is 0 Å². The Bertz CT molecular complexity index is 1180. The molecular formula is C20H11BrS. The number of rotatable bonds is 0. The van der Waals surface area contributed by atoms with Crippen molar-refractivity contribution in [1.29, 1.82) is 0 Å². The van der Waals surface area contributed by atoms with E-state index in [4.69, 9.17) is 0 Å². The Labute approximate surface area is 140 Å². The third kappa shape index (κ3) is 1.74. The first-order valence-electron chi connectivity index (χ1n) is 7.21. The standard InChI is InChI=1S/C20H11BrS/c21-15-3-1-12-11-19-13(9-14(12)10-15)2-4-16-17(19)5-6-20-18(16)7-8-22-20/h1-11H. The minimum absolute atomic E-state index is 1.13. The van der Waals surface area contributed by atoms with Gasteiger partial charge in [-0.25, -0.2) is 0 Å². The van der Waals surface area contributed by atoms with Crippen molar-refractivity contribution < 1.29 is 0 Å². The predicted molar refractivity (Wildman–Crippen MR) is 102 cm³/mol. The molecule has 2 heteroatoms. The Morgan fingerprint density at radius 1 is 0.591 bits per heavy atom. The fourth-order valence-corrected chi connectivity index (χ4v) is 4.49. The molecule has 0 radical (unpaired) electrons. The molecular weight excluding hydrogens is 352 g/mol. The maximum Gasteiger partial charge on any atom is 0.0349 e. The van der Waals surface area contributed by atoms with Crippen LogP contribution in [0.25, 0.3) is 42.4 Å². The summed E-state index contributed by atoms with van der Waals surface area (Å²) in [6.45, 7) is 0. The highest BCUT2D eigenvalue weighted by molar-refractivity contribution is 9.10. The van der Waals surface area contributed by atoms with Gasteiger partial charge in [0.05, 0.1) is 0 Å². The number of halogens is 1. The van der Waals surface area contributed by atoms with E-state index in [1.165, 1.54) is 42.4 Å². The quantitative estimate of drug-likeness (QED) is 0.203. The smallest absolute Gasteiger partial charge is 0.0349 e. The molecule has 0 amide bonds. The summed E-state index contributed by atoms with van der Waals surface area (Å²) in [4.78, 5) is 0. The lowest BCUT2D eigenvalue weighted by molar-refractivity contribution is 1.73. The van der Waals surface area contributed by atoms with E-state index < -0.39 is 0 Å². The molecule has 0 saturated heterocycles. The monoisotopic (exact) mass is 362 g/mol.